The Kier molecular flexibility index (Phi) is 5.62. The molecule has 1 saturated heterocycles. The van der Waals surface area contributed by atoms with E-state index in [1.54, 1.807) is 12.1 Å². The Hall–Kier alpha value is -2.80. The zero-order valence-electron chi connectivity index (χ0n) is 15.3. The van der Waals surface area contributed by atoms with E-state index in [2.05, 4.69) is 19.6 Å². The first-order valence-corrected chi connectivity index (χ1v) is 10.1. The van der Waals surface area contributed by atoms with Crippen LogP contribution in [0.4, 0.5) is 9.52 Å². The van der Waals surface area contributed by atoms with Crippen molar-refractivity contribution in [2.75, 3.05) is 18.0 Å². The molecule has 0 radical (unpaired) electrons. The Bertz CT molecular complexity index is 921. The van der Waals surface area contributed by atoms with Crippen molar-refractivity contribution in [3.8, 4) is 11.4 Å². The van der Waals surface area contributed by atoms with Crippen LogP contribution in [0.15, 0.2) is 54.6 Å². The fourth-order valence-corrected chi connectivity index (χ4v) is 4.06. The molecule has 144 valence electrons. The van der Waals surface area contributed by atoms with E-state index in [1.165, 1.54) is 23.7 Å². The minimum Gasteiger partial charge on any atom is -0.352 e. The summed E-state index contributed by atoms with van der Waals surface area (Å²) in [5.41, 5.74) is 1.91. The molecule has 3 aromatic rings. The van der Waals surface area contributed by atoms with Crippen LogP contribution < -0.4 is 10.2 Å². The second kappa shape index (κ2) is 8.48. The van der Waals surface area contributed by atoms with Gasteiger partial charge in [-0.1, -0.05) is 42.5 Å². The number of halogens is 1. The van der Waals surface area contributed by atoms with Gasteiger partial charge < -0.3 is 10.2 Å². The van der Waals surface area contributed by atoms with E-state index in [9.17, 15) is 9.18 Å². The monoisotopic (exact) mass is 396 g/mol. The Balaban J connectivity index is 1.29. The number of amides is 1. The van der Waals surface area contributed by atoms with Crippen LogP contribution in [-0.4, -0.2) is 28.4 Å². The summed E-state index contributed by atoms with van der Waals surface area (Å²) in [6.45, 7) is 2.01. The van der Waals surface area contributed by atoms with E-state index >= 15 is 0 Å². The highest BCUT2D eigenvalue weighted by molar-refractivity contribution is 7.09. The van der Waals surface area contributed by atoms with Crippen molar-refractivity contribution in [2.24, 2.45) is 5.92 Å². The number of hydrogen-bond donors (Lipinski definition) is 1. The Morgan fingerprint density at radius 1 is 1.11 bits per heavy atom. The van der Waals surface area contributed by atoms with E-state index in [4.69, 9.17) is 0 Å². The van der Waals surface area contributed by atoms with Crippen LogP contribution in [0.25, 0.3) is 11.4 Å². The maximum atomic E-state index is 13.0. The number of hydrogen-bond acceptors (Lipinski definition) is 5. The van der Waals surface area contributed by atoms with Crippen LogP contribution >= 0.6 is 11.5 Å². The van der Waals surface area contributed by atoms with Crippen molar-refractivity contribution in [2.45, 2.75) is 19.4 Å². The van der Waals surface area contributed by atoms with Crippen LogP contribution in [0, 0.1) is 11.7 Å². The highest BCUT2D eigenvalue weighted by Gasteiger charge is 2.26. The predicted octanol–water partition coefficient (Wildman–Crippen LogP) is 3.88. The van der Waals surface area contributed by atoms with Crippen molar-refractivity contribution >= 4 is 22.6 Å². The van der Waals surface area contributed by atoms with Crippen molar-refractivity contribution in [1.29, 1.82) is 0 Å². The van der Waals surface area contributed by atoms with Crippen molar-refractivity contribution < 1.29 is 9.18 Å². The SMILES string of the molecule is O=C(NCc1ccc(F)cc1)C1CCN(c2nc(-c3ccccc3)ns2)CC1. The lowest BCUT2D eigenvalue weighted by Crippen LogP contribution is -2.40. The van der Waals surface area contributed by atoms with Gasteiger partial charge in [-0.05, 0) is 30.5 Å². The third kappa shape index (κ3) is 4.36. The highest BCUT2D eigenvalue weighted by atomic mass is 32.1. The molecule has 2 aromatic carbocycles. The summed E-state index contributed by atoms with van der Waals surface area (Å²) in [6, 6.07) is 16.1. The summed E-state index contributed by atoms with van der Waals surface area (Å²) in [4.78, 5) is 19.3. The zero-order chi connectivity index (χ0) is 19.3. The first kappa shape index (κ1) is 18.6. The molecule has 5 nitrogen and oxygen atoms in total. The number of anilines is 1. The molecule has 1 fully saturated rings. The number of piperidine rings is 1. The fraction of sp³-hybridized carbons (Fsp3) is 0.286. The molecule has 0 unspecified atom stereocenters. The summed E-state index contributed by atoms with van der Waals surface area (Å²) in [6.07, 6.45) is 1.57. The number of nitrogens with one attached hydrogen (secondary N) is 1. The molecule has 0 bridgehead atoms. The average Bonchev–Trinajstić information content (AvgIpc) is 3.24. The molecule has 7 heteroatoms. The first-order valence-electron chi connectivity index (χ1n) is 9.35. The molecule has 2 heterocycles. The molecule has 0 atom stereocenters. The minimum absolute atomic E-state index is 0.00165. The maximum absolute atomic E-state index is 13.0. The lowest BCUT2D eigenvalue weighted by Gasteiger charge is -2.30. The van der Waals surface area contributed by atoms with Gasteiger partial charge >= 0.3 is 0 Å². The van der Waals surface area contributed by atoms with Gasteiger partial charge in [0, 0.05) is 42.6 Å². The van der Waals surface area contributed by atoms with Crippen LogP contribution in [0.1, 0.15) is 18.4 Å². The highest BCUT2D eigenvalue weighted by Crippen LogP contribution is 2.27. The molecular weight excluding hydrogens is 375 g/mol. The van der Waals surface area contributed by atoms with Gasteiger partial charge in [0.05, 0.1) is 0 Å². The van der Waals surface area contributed by atoms with Crippen molar-refractivity contribution in [3.63, 3.8) is 0 Å². The largest absolute Gasteiger partial charge is 0.352 e. The molecule has 4 rings (SSSR count). The normalized spacial score (nSPS) is 14.8. The smallest absolute Gasteiger partial charge is 0.223 e. The van der Waals surface area contributed by atoms with Crippen molar-refractivity contribution in [3.05, 3.63) is 66.0 Å². The molecule has 0 aliphatic carbocycles. The number of aromatic nitrogens is 2. The molecule has 1 aromatic heterocycles. The fourth-order valence-electron chi connectivity index (χ4n) is 3.32. The summed E-state index contributed by atoms with van der Waals surface area (Å²) in [5, 5.41) is 3.87. The molecule has 0 saturated carbocycles. The lowest BCUT2D eigenvalue weighted by molar-refractivity contribution is -0.125. The molecule has 28 heavy (non-hydrogen) atoms. The van der Waals surface area contributed by atoms with Gasteiger partial charge in [-0.2, -0.15) is 9.36 Å². The Morgan fingerprint density at radius 2 is 1.82 bits per heavy atom. The number of nitrogens with zero attached hydrogens (tertiary/aromatic N) is 3. The topological polar surface area (TPSA) is 58.1 Å². The molecule has 1 aliphatic rings. The van der Waals surface area contributed by atoms with Crippen LogP contribution in [0.5, 0.6) is 0 Å². The molecular formula is C21H21FN4OS. The quantitative estimate of drug-likeness (QED) is 0.711. The van der Waals surface area contributed by atoms with Crippen molar-refractivity contribution in [1.82, 2.24) is 14.7 Å². The summed E-state index contributed by atoms with van der Waals surface area (Å²) in [5.74, 6) is 0.540. The molecule has 1 N–H and O–H groups in total. The van der Waals surface area contributed by atoms with Gasteiger partial charge in [-0.25, -0.2) is 4.39 Å². The number of rotatable bonds is 5. The van der Waals surface area contributed by atoms with Gasteiger partial charge in [0.15, 0.2) is 5.82 Å². The van der Waals surface area contributed by atoms with E-state index in [1.807, 2.05) is 30.3 Å². The third-order valence-electron chi connectivity index (χ3n) is 4.96. The van der Waals surface area contributed by atoms with E-state index in [-0.39, 0.29) is 17.6 Å². The first-order chi connectivity index (χ1) is 13.7. The second-order valence-electron chi connectivity index (χ2n) is 6.87. The van der Waals surface area contributed by atoms with Gasteiger partial charge in [0.25, 0.3) is 0 Å². The zero-order valence-corrected chi connectivity index (χ0v) is 16.2. The standard InChI is InChI=1S/C21H21FN4OS/c22-18-8-6-15(7-9-18)14-23-20(27)17-10-12-26(13-11-17)21-24-19(25-28-21)16-4-2-1-3-5-16/h1-9,17H,10-14H2,(H,23,27). The van der Waals surface area contributed by atoms with E-state index < -0.39 is 0 Å². The molecule has 1 aliphatic heterocycles. The average molecular weight is 396 g/mol. The number of carbonyl (C=O) groups excluding carboxylic acids is 1. The Labute approximate surface area is 167 Å². The summed E-state index contributed by atoms with van der Waals surface area (Å²) < 4.78 is 17.4. The number of carbonyl (C=O) groups is 1. The predicted molar refractivity (Wildman–Crippen MR) is 109 cm³/mol. The number of benzene rings is 2. The summed E-state index contributed by atoms with van der Waals surface area (Å²) in [7, 11) is 0. The van der Waals surface area contributed by atoms with Gasteiger partial charge in [0.2, 0.25) is 11.0 Å². The van der Waals surface area contributed by atoms with Crippen LogP contribution in [-0.2, 0) is 11.3 Å². The van der Waals surface area contributed by atoms with Crippen LogP contribution in [0.3, 0.4) is 0 Å². The van der Waals surface area contributed by atoms with Gasteiger partial charge in [-0.15, -0.1) is 0 Å². The second-order valence-corrected chi connectivity index (χ2v) is 7.60. The van der Waals surface area contributed by atoms with E-state index in [0.29, 0.717) is 6.54 Å². The molecule has 1 amide bonds. The maximum Gasteiger partial charge on any atom is 0.223 e. The van der Waals surface area contributed by atoms with Crippen LogP contribution in [0.2, 0.25) is 0 Å². The molecule has 0 spiro atoms. The summed E-state index contributed by atoms with van der Waals surface area (Å²) >= 11 is 1.40. The van der Waals surface area contributed by atoms with E-state index in [0.717, 1.165) is 48.0 Å². The third-order valence-corrected chi connectivity index (χ3v) is 5.74. The Morgan fingerprint density at radius 3 is 2.54 bits per heavy atom. The lowest BCUT2D eigenvalue weighted by atomic mass is 9.96. The minimum atomic E-state index is -0.269. The van der Waals surface area contributed by atoms with Gasteiger partial charge in [0.1, 0.15) is 5.82 Å². The van der Waals surface area contributed by atoms with Gasteiger partial charge in [-0.3, -0.25) is 4.79 Å².